The second-order valence-electron chi connectivity index (χ2n) is 6.38. The van der Waals surface area contributed by atoms with Gasteiger partial charge >= 0.3 is 0 Å². The van der Waals surface area contributed by atoms with E-state index in [0.717, 1.165) is 19.1 Å². The quantitative estimate of drug-likeness (QED) is 0.908. The van der Waals surface area contributed by atoms with Gasteiger partial charge in [-0.05, 0) is 25.8 Å². The summed E-state index contributed by atoms with van der Waals surface area (Å²) in [4.78, 5) is 5.34. The lowest BCUT2D eigenvalue weighted by atomic mass is 10.0. The van der Waals surface area contributed by atoms with Crippen molar-refractivity contribution in [2.45, 2.75) is 44.9 Å². The molecule has 3 atom stereocenters. The Kier molecular flexibility index (Phi) is 4.39. The van der Waals surface area contributed by atoms with Gasteiger partial charge in [-0.25, -0.2) is 0 Å². The molecule has 2 saturated heterocycles. The zero-order valence-corrected chi connectivity index (χ0v) is 12.8. The summed E-state index contributed by atoms with van der Waals surface area (Å²) in [5, 5.41) is 3.58. The Labute approximate surface area is 123 Å². The normalized spacial score (nSPS) is 32.6. The van der Waals surface area contributed by atoms with E-state index < -0.39 is 0 Å². The second kappa shape index (κ2) is 6.25. The van der Waals surface area contributed by atoms with Crippen molar-refractivity contribution in [2.24, 2.45) is 0 Å². The van der Waals surface area contributed by atoms with Gasteiger partial charge in [-0.1, -0.05) is 30.3 Å². The molecule has 3 rings (SSSR count). The van der Waals surface area contributed by atoms with Gasteiger partial charge in [0.2, 0.25) is 0 Å². The van der Waals surface area contributed by atoms with E-state index in [1.54, 1.807) is 0 Å². The summed E-state index contributed by atoms with van der Waals surface area (Å²) in [6.07, 6.45) is 1.32. The van der Waals surface area contributed by atoms with Crippen molar-refractivity contribution in [3.63, 3.8) is 0 Å². The molecule has 110 valence electrons. The van der Waals surface area contributed by atoms with E-state index in [4.69, 9.17) is 0 Å². The van der Waals surface area contributed by atoms with Crippen LogP contribution >= 0.6 is 0 Å². The van der Waals surface area contributed by atoms with Crippen molar-refractivity contribution in [3.8, 4) is 0 Å². The molecule has 0 bridgehead atoms. The van der Waals surface area contributed by atoms with Gasteiger partial charge in [-0.3, -0.25) is 9.80 Å². The van der Waals surface area contributed by atoms with E-state index in [0.29, 0.717) is 12.1 Å². The maximum atomic E-state index is 3.58. The molecule has 1 N–H and O–H groups in total. The van der Waals surface area contributed by atoms with Gasteiger partial charge < -0.3 is 5.32 Å². The highest BCUT2D eigenvalue weighted by molar-refractivity contribution is 5.14. The zero-order valence-electron chi connectivity index (χ0n) is 12.8. The molecule has 2 aliphatic heterocycles. The first-order chi connectivity index (χ1) is 9.74. The Balaban J connectivity index is 1.56. The van der Waals surface area contributed by atoms with Crippen LogP contribution in [-0.2, 0) is 6.54 Å². The second-order valence-corrected chi connectivity index (χ2v) is 6.38. The van der Waals surface area contributed by atoms with Gasteiger partial charge in [0.15, 0.2) is 0 Å². The number of rotatable bonds is 3. The molecule has 2 aliphatic rings. The Morgan fingerprint density at radius 2 is 1.95 bits per heavy atom. The van der Waals surface area contributed by atoms with Crippen molar-refractivity contribution in [2.75, 3.05) is 26.2 Å². The van der Waals surface area contributed by atoms with Crippen LogP contribution in [0.2, 0.25) is 0 Å². The third-order valence-electron chi connectivity index (χ3n) is 5.05. The fourth-order valence-corrected chi connectivity index (χ4v) is 3.67. The molecule has 0 spiro atoms. The molecule has 0 aromatic heterocycles. The van der Waals surface area contributed by atoms with E-state index in [2.05, 4.69) is 59.3 Å². The van der Waals surface area contributed by atoms with Gasteiger partial charge in [0, 0.05) is 50.8 Å². The maximum Gasteiger partial charge on any atom is 0.0239 e. The predicted molar refractivity (Wildman–Crippen MR) is 83.8 cm³/mol. The molecular weight excluding hydrogens is 246 g/mol. The molecule has 0 aliphatic carbocycles. The summed E-state index contributed by atoms with van der Waals surface area (Å²) >= 11 is 0. The Bertz CT molecular complexity index is 420. The first-order valence-corrected chi connectivity index (χ1v) is 7.99. The van der Waals surface area contributed by atoms with Gasteiger partial charge in [0.1, 0.15) is 0 Å². The van der Waals surface area contributed by atoms with Crippen molar-refractivity contribution >= 4 is 0 Å². The lowest BCUT2D eigenvalue weighted by Crippen LogP contribution is -2.58. The van der Waals surface area contributed by atoms with Crippen LogP contribution in [0.1, 0.15) is 25.8 Å². The Morgan fingerprint density at radius 1 is 1.15 bits per heavy atom. The lowest BCUT2D eigenvalue weighted by molar-refractivity contribution is 0.0906. The SMILES string of the molecule is CC1NCCN(C2CCN(Cc3ccccc3)C2)C1C. The number of piperazine rings is 1. The number of nitrogens with one attached hydrogen (secondary N) is 1. The van der Waals surface area contributed by atoms with Gasteiger partial charge in [-0.15, -0.1) is 0 Å². The van der Waals surface area contributed by atoms with Crippen molar-refractivity contribution in [1.29, 1.82) is 0 Å². The first kappa shape index (κ1) is 14.1. The van der Waals surface area contributed by atoms with Crippen LogP contribution in [0.5, 0.6) is 0 Å². The minimum atomic E-state index is 0.618. The predicted octanol–water partition coefficient (Wildman–Crippen LogP) is 1.94. The van der Waals surface area contributed by atoms with Gasteiger partial charge in [-0.2, -0.15) is 0 Å². The molecule has 1 aromatic rings. The molecule has 1 aromatic carbocycles. The van der Waals surface area contributed by atoms with E-state index in [1.165, 1.54) is 31.6 Å². The number of likely N-dealkylation sites (tertiary alicyclic amines) is 1. The Morgan fingerprint density at radius 3 is 2.75 bits per heavy atom. The van der Waals surface area contributed by atoms with Crippen molar-refractivity contribution < 1.29 is 0 Å². The van der Waals surface area contributed by atoms with Gasteiger partial charge in [0.05, 0.1) is 0 Å². The monoisotopic (exact) mass is 273 g/mol. The van der Waals surface area contributed by atoms with Crippen LogP contribution in [0.3, 0.4) is 0 Å². The number of hydrogen-bond acceptors (Lipinski definition) is 3. The molecule has 20 heavy (non-hydrogen) atoms. The molecule has 2 fully saturated rings. The van der Waals surface area contributed by atoms with E-state index in [-0.39, 0.29) is 0 Å². The van der Waals surface area contributed by atoms with Gasteiger partial charge in [0.25, 0.3) is 0 Å². The van der Waals surface area contributed by atoms with Crippen LogP contribution in [0.4, 0.5) is 0 Å². The minimum Gasteiger partial charge on any atom is -0.311 e. The summed E-state index contributed by atoms with van der Waals surface area (Å²) in [5.74, 6) is 0. The molecule has 2 heterocycles. The highest BCUT2D eigenvalue weighted by atomic mass is 15.3. The minimum absolute atomic E-state index is 0.618. The average Bonchev–Trinajstić information content (AvgIpc) is 2.91. The average molecular weight is 273 g/mol. The van der Waals surface area contributed by atoms with Crippen LogP contribution in [0.15, 0.2) is 30.3 Å². The zero-order chi connectivity index (χ0) is 13.9. The fourth-order valence-electron chi connectivity index (χ4n) is 3.67. The fraction of sp³-hybridized carbons (Fsp3) is 0.647. The highest BCUT2D eigenvalue weighted by Gasteiger charge is 2.33. The first-order valence-electron chi connectivity index (χ1n) is 7.99. The van der Waals surface area contributed by atoms with Crippen LogP contribution < -0.4 is 5.32 Å². The van der Waals surface area contributed by atoms with Crippen molar-refractivity contribution in [3.05, 3.63) is 35.9 Å². The smallest absolute Gasteiger partial charge is 0.0239 e. The topological polar surface area (TPSA) is 18.5 Å². The number of nitrogens with zero attached hydrogens (tertiary/aromatic N) is 2. The molecule has 3 nitrogen and oxygen atoms in total. The molecule has 0 radical (unpaired) electrons. The van der Waals surface area contributed by atoms with E-state index >= 15 is 0 Å². The third-order valence-corrected chi connectivity index (χ3v) is 5.05. The summed E-state index contributed by atoms with van der Waals surface area (Å²) in [5.41, 5.74) is 1.44. The van der Waals surface area contributed by atoms with E-state index in [1.807, 2.05) is 0 Å². The summed E-state index contributed by atoms with van der Waals surface area (Å²) in [6.45, 7) is 10.6. The Hall–Kier alpha value is -0.900. The van der Waals surface area contributed by atoms with Crippen LogP contribution in [0, 0.1) is 0 Å². The molecular formula is C17H27N3. The number of benzene rings is 1. The van der Waals surface area contributed by atoms with Crippen molar-refractivity contribution in [1.82, 2.24) is 15.1 Å². The summed E-state index contributed by atoms with van der Waals surface area (Å²) in [7, 11) is 0. The summed E-state index contributed by atoms with van der Waals surface area (Å²) < 4.78 is 0. The molecule has 3 unspecified atom stereocenters. The highest BCUT2D eigenvalue weighted by Crippen LogP contribution is 2.22. The van der Waals surface area contributed by atoms with Crippen LogP contribution in [0.25, 0.3) is 0 Å². The molecule has 3 heteroatoms. The van der Waals surface area contributed by atoms with Crippen LogP contribution in [-0.4, -0.2) is 54.1 Å². The van der Waals surface area contributed by atoms with E-state index in [9.17, 15) is 0 Å². The third kappa shape index (κ3) is 3.05. The molecule has 0 amide bonds. The maximum absolute atomic E-state index is 3.58. The number of hydrogen-bond donors (Lipinski definition) is 1. The summed E-state index contributed by atoms with van der Waals surface area (Å²) in [6, 6.07) is 12.9. The molecule has 0 saturated carbocycles. The largest absolute Gasteiger partial charge is 0.311 e. The lowest BCUT2D eigenvalue weighted by Gasteiger charge is -2.42. The standard InChI is InChI=1S/C17H27N3/c1-14-15(2)20(11-9-18-14)17-8-10-19(13-17)12-16-6-4-3-5-7-16/h3-7,14-15,17-18H,8-13H2,1-2H3.